The minimum Gasteiger partial charge on any atom is -0.469 e. The van der Waals surface area contributed by atoms with Crippen LogP contribution < -0.4 is 5.32 Å². The maximum absolute atomic E-state index is 12.8. The predicted octanol–water partition coefficient (Wildman–Crippen LogP) is 2.05. The summed E-state index contributed by atoms with van der Waals surface area (Å²) in [7, 11) is 1.40. The summed E-state index contributed by atoms with van der Waals surface area (Å²) >= 11 is 0. The highest BCUT2D eigenvalue weighted by atomic mass is 19.1. The number of carbonyl (C=O) groups is 1. The first-order valence-corrected chi connectivity index (χ1v) is 6.24. The number of ether oxygens (including phenoxy) is 1. The number of benzene rings is 1. The molecule has 1 aromatic rings. The number of methoxy groups -OCH3 is 1. The van der Waals surface area contributed by atoms with Crippen LogP contribution in [0.4, 0.5) is 4.39 Å². The van der Waals surface area contributed by atoms with Crippen molar-refractivity contribution in [1.29, 1.82) is 0 Å². The first-order chi connectivity index (χ1) is 8.67. The number of hydrogen-bond acceptors (Lipinski definition) is 3. The molecule has 1 aliphatic carbocycles. The minimum absolute atomic E-state index is 0.0652. The van der Waals surface area contributed by atoms with E-state index in [2.05, 4.69) is 5.32 Å². The second-order valence-electron chi connectivity index (χ2n) is 4.75. The van der Waals surface area contributed by atoms with Gasteiger partial charge in [0.05, 0.1) is 13.5 Å². The van der Waals surface area contributed by atoms with Crippen LogP contribution in [0.3, 0.4) is 0 Å². The lowest BCUT2D eigenvalue weighted by atomic mass is 10.0. The van der Waals surface area contributed by atoms with E-state index in [1.807, 2.05) is 0 Å². The van der Waals surface area contributed by atoms with E-state index in [0.717, 1.165) is 5.56 Å². The predicted molar refractivity (Wildman–Crippen MR) is 66.7 cm³/mol. The summed E-state index contributed by atoms with van der Waals surface area (Å²) in [6.45, 7) is 0. The zero-order chi connectivity index (χ0) is 13.0. The van der Waals surface area contributed by atoms with Crippen LogP contribution in [0.25, 0.3) is 0 Å². The molecule has 1 N–H and O–H groups in total. The lowest BCUT2D eigenvalue weighted by Gasteiger charge is -2.17. The number of halogens is 1. The Morgan fingerprint density at radius 1 is 1.44 bits per heavy atom. The maximum Gasteiger partial charge on any atom is 0.307 e. The number of nitrogens with one attached hydrogen (secondary N) is 1. The van der Waals surface area contributed by atoms with Gasteiger partial charge in [-0.1, -0.05) is 12.1 Å². The molecule has 1 atom stereocenters. The van der Waals surface area contributed by atoms with E-state index in [0.29, 0.717) is 18.9 Å². The van der Waals surface area contributed by atoms with Crippen LogP contribution in [0.5, 0.6) is 0 Å². The first kappa shape index (κ1) is 13.0. The summed E-state index contributed by atoms with van der Waals surface area (Å²) in [5.41, 5.74) is 1.03. The molecule has 0 heterocycles. The molecule has 1 aromatic carbocycles. The van der Waals surface area contributed by atoms with Gasteiger partial charge in [0.15, 0.2) is 0 Å². The largest absolute Gasteiger partial charge is 0.469 e. The number of hydrogen-bond donors (Lipinski definition) is 1. The highest BCUT2D eigenvalue weighted by molar-refractivity contribution is 5.70. The average molecular weight is 251 g/mol. The topological polar surface area (TPSA) is 38.3 Å². The molecule has 3 nitrogen and oxygen atoms in total. The van der Waals surface area contributed by atoms with Gasteiger partial charge >= 0.3 is 5.97 Å². The van der Waals surface area contributed by atoms with Gasteiger partial charge < -0.3 is 10.1 Å². The Kier molecular flexibility index (Phi) is 4.31. The summed E-state index contributed by atoms with van der Waals surface area (Å²) in [4.78, 5) is 11.3. The molecule has 1 unspecified atom stereocenters. The van der Waals surface area contributed by atoms with Gasteiger partial charge in [-0.2, -0.15) is 0 Å². The Morgan fingerprint density at radius 3 is 2.67 bits per heavy atom. The zero-order valence-electron chi connectivity index (χ0n) is 10.5. The van der Waals surface area contributed by atoms with E-state index in [4.69, 9.17) is 4.74 Å². The summed E-state index contributed by atoms with van der Waals surface area (Å²) in [5, 5.41) is 3.42. The van der Waals surface area contributed by atoms with Gasteiger partial charge in [0.1, 0.15) is 5.82 Å². The van der Waals surface area contributed by atoms with Crippen LogP contribution >= 0.6 is 0 Å². The van der Waals surface area contributed by atoms with Crippen molar-refractivity contribution in [3.05, 3.63) is 35.6 Å². The van der Waals surface area contributed by atoms with Crippen molar-refractivity contribution in [2.75, 3.05) is 7.11 Å². The molecule has 0 aliphatic heterocycles. The molecule has 0 amide bonds. The molecule has 0 aromatic heterocycles. The van der Waals surface area contributed by atoms with E-state index in [1.54, 1.807) is 12.1 Å². The van der Waals surface area contributed by atoms with Crippen LogP contribution in [0.15, 0.2) is 24.3 Å². The Bertz CT molecular complexity index is 401. The van der Waals surface area contributed by atoms with Crippen molar-refractivity contribution in [1.82, 2.24) is 5.32 Å². The summed E-state index contributed by atoms with van der Waals surface area (Å²) < 4.78 is 17.5. The van der Waals surface area contributed by atoms with Crippen molar-refractivity contribution >= 4 is 5.97 Å². The Hall–Kier alpha value is -1.42. The first-order valence-electron chi connectivity index (χ1n) is 6.24. The smallest absolute Gasteiger partial charge is 0.307 e. The van der Waals surface area contributed by atoms with E-state index in [1.165, 1.54) is 32.1 Å². The van der Waals surface area contributed by atoms with Crippen molar-refractivity contribution in [3.8, 4) is 0 Å². The van der Waals surface area contributed by atoms with E-state index < -0.39 is 0 Å². The quantitative estimate of drug-likeness (QED) is 0.786. The molecule has 0 spiro atoms. The molecule has 4 heteroatoms. The fraction of sp³-hybridized carbons (Fsp3) is 0.500. The van der Waals surface area contributed by atoms with Crippen molar-refractivity contribution in [3.63, 3.8) is 0 Å². The molecule has 18 heavy (non-hydrogen) atoms. The molecule has 1 saturated carbocycles. The molecule has 2 rings (SSSR count). The Morgan fingerprint density at radius 2 is 2.11 bits per heavy atom. The fourth-order valence-electron chi connectivity index (χ4n) is 1.96. The van der Waals surface area contributed by atoms with Crippen LogP contribution in [0.2, 0.25) is 0 Å². The van der Waals surface area contributed by atoms with E-state index in [9.17, 15) is 9.18 Å². The lowest BCUT2D eigenvalue weighted by Crippen LogP contribution is -2.35. The number of rotatable bonds is 6. The highest BCUT2D eigenvalue weighted by Gasteiger charge is 2.26. The van der Waals surface area contributed by atoms with Crippen molar-refractivity contribution in [2.45, 2.75) is 37.8 Å². The third-order valence-corrected chi connectivity index (χ3v) is 3.08. The zero-order valence-corrected chi connectivity index (χ0v) is 10.5. The van der Waals surface area contributed by atoms with Gasteiger partial charge in [-0.25, -0.2) is 4.39 Å². The maximum atomic E-state index is 12.8. The Balaban J connectivity index is 1.94. The fourth-order valence-corrected chi connectivity index (χ4v) is 1.96. The Labute approximate surface area is 106 Å². The van der Waals surface area contributed by atoms with Crippen LogP contribution in [-0.4, -0.2) is 25.2 Å². The second kappa shape index (κ2) is 5.96. The van der Waals surface area contributed by atoms with Crippen molar-refractivity contribution in [2.24, 2.45) is 0 Å². The third kappa shape index (κ3) is 4.11. The summed E-state index contributed by atoms with van der Waals surface area (Å²) in [6.07, 6.45) is 3.40. The van der Waals surface area contributed by atoms with E-state index >= 15 is 0 Å². The number of esters is 1. The van der Waals surface area contributed by atoms with E-state index in [-0.39, 0.29) is 17.8 Å². The third-order valence-electron chi connectivity index (χ3n) is 3.08. The SMILES string of the molecule is COC(=O)CC(Cc1ccc(F)cc1)NC1CC1. The standard InChI is InChI=1S/C14H18FNO2/c1-18-14(17)9-13(16-12-6-7-12)8-10-2-4-11(15)5-3-10/h2-5,12-13,16H,6-9H2,1H3. The molecule has 0 bridgehead atoms. The summed E-state index contributed by atoms with van der Waals surface area (Å²) in [5.74, 6) is -0.450. The average Bonchev–Trinajstić information content (AvgIpc) is 3.15. The van der Waals surface area contributed by atoms with Gasteiger partial charge in [-0.3, -0.25) is 4.79 Å². The highest BCUT2D eigenvalue weighted by Crippen LogP contribution is 2.21. The monoisotopic (exact) mass is 251 g/mol. The molecular formula is C14H18FNO2. The van der Waals surface area contributed by atoms with Crippen molar-refractivity contribution < 1.29 is 13.9 Å². The molecule has 1 aliphatic rings. The number of carbonyl (C=O) groups excluding carboxylic acids is 1. The van der Waals surface area contributed by atoms with Gasteiger partial charge in [-0.05, 0) is 37.0 Å². The van der Waals surface area contributed by atoms with Gasteiger partial charge in [0.25, 0.3) is 0 Å². The normalized spacial score (nSPS) is 16.3. The van der Waals surface area contributed by atoms with Crippen LogP contribution in [0, 0.1) is 5.82 Å². The molecule has 1 fully saturated rings. The molecule has 98 valence electrons. The second-order valence-corrected chi connectivity index (χ2v) is 4.75. The molecule has 0 saturated heterocycles. The van der Waals surface area contributed by atoms with Crippen LogP contribution in [0.1, 0.15) is 24.8 Å². The molecular weight excluding hydrogens is 233 g/mol. The van der Waals surface area contributed by atoms with Crippen LogP contribution in [-0.2, 0) is 16.0 Å². The van der Waals surface area contributed by atoms with Gasteiger partial charge in [-0.15, -0.1) is 0 Å². The molecule has 0 radical (unpaired) electrons. The van der Waals surface area contributed by atoms with Gasteiger partial charge in [0.2, 0.25) is 0 Å². The lowest BCUT2D eigenvalue weighted by molar-refractivity contribution is -0.141. The van der Waals surface area contributed by atoms with Gasteiger partial charge in [0, 0.05) is 12.1 Å². The minimum atomic E-state index is -0.238. The summed E-state index contributed by atoms with van der Waals surface area (Å²) in [6, 6.07) is 7.00.